The summed E-state index contributed by atoms with van der Waals surface area (Å²) in [6, 6.07) is 6.53. The largest absolute Gasteiger partial charge is 0.460 e. The van der Waals surface area contributed by atoms with Crippen molar-refractivity contribution < 1.29 is 19.4 Å². The number of esters is 1. The van der Waals surface area contributed by atoms with Gasteiger partial charge in [-0.25, -0.2) is 4.79 Å². The molecule has 0 aliphatic carbocycles. The lowest BCUT2D eigenvalue weighted by molar-refractivity contribution is -0.117. The highest BCUT2D eigenvalue weighted by Gasteiger charge is 2.14. The van der Waals surface area contributed by atoms with Gasteiger partial charge in [-0.1, -0.05) is 6.42 Å². The van der Waals surface area contributed by atoms with Crippen LogP contribution in [0.25, 0.3) is 0 Å². The maximum absolute atomic E-state index is 12.0. The predicted molar refractivity (Wildman–Crippen MR) is 82.7 cm³/mol. The van der Waals surface area contributed by atoms with Crippen molar-refractivity contribution in [2.75, 3.05) is 38.2 Å². The Bertz CT molecular complexity index is 495. The molecule has 0 radical (unpaired) electrons. The summed E-state index contributed by atoms with van der Waals surface area (Å²) in [6.45, 7) is 2.13. The highest BCUT2D eigenvalue weighted by Crippen LogP contribution is 2.12. The van der Waals surface area contributed by atoms with Crippen LogP contribution in [0.5, 0.6) is 0 Å². The Kier molecular flexibility index (Phi) is 6.36. The number of amides is 1. The van der Waals surface area contributed by atoms with Crippen molar-refractivity contribution in [3.8, 4) is 0 Å². The first-order chi connectivity index (χ1) is 10.7. The van der Waals surface area contributed by atoms with E-state index in [1.54, 1.807) is 24.3 Å². The Hall–Kier alpha value is -1.92. The summed E-state index contributed by atoms with van der Waals surface area (Å²) < 4.78 is 4.82. The summed E-state index contributed by atoms with van der Waals surface area (Å²) in [4.78, 5) is 25.7. The Morgan fingerprint density at radius 2 is 1.82 bits per heavy atom. The van der Waals surface area contributed by atoms with Crippen molar-refractivity contribution in [2.24, 2.45) is 0 Å². The van der Waals surface area contributed by atoms with Gasteiger partial charge < -0.3 is 15.2 Å². The maximum atomic E-state index is 12.0. The monoisotopic (exact) mass is 306 g/mol. The molecule has 120 valence electrons. The molecule has 1 aromatic rings. The number of aliphatic hydroxyl groups excluding tert-OH is 1. The summed E-state index contributed by atoms with van der Waals surface area (Å²) in [5, 5.41) is 11.4. The molecule has 1 amide bonds. The summed E-state index contributed by atoms with van der Waals surface area (Å²) in [5.74, 6) is -0.530. The number of ether oxygens (including phenoxy) is 1. The number of benzene rings is 1. The molecule has 6 nitrogen and oxygen atoms in total. The van der Waals surface area contributed by atoms with Crippen LogP contribution in [0.2, 0.25) is 0 Å². The standard InChI is InChI=1S/C16H22N2O4/c19-10-11-22-16(21)13-4-6-14(7-5-13)17-15(20)12-18-8-2-1-3-9-18/h4-7,19H,1-3,8-12H2,(H,17,20). The molecule has 1 fully saturated rings. The summed E-state index contributed by atoms with van der Waals surface area (Å²) >= 11 is 0. The van der Waals surface area contributed by atoms with Crippen molar-refractivity contribution >= 4 is 17.6 Å². The van der Waals surface area contributed by atoms with Gasteiger partial charge in [0.05, 0.1) is 18.7 Å². The van der Waals surface area contributed by atoms with Crippen LogP contribution in [-0.4, -0.2) is 54.7 Å². The van der Waals surface area contributed by atoms with E-state index >= 15 is 0 Å². The Labute approximate surface area is 130 Å². The average molecular weight is 306 g/mol. The van der Waals surface area contributed by atoms with Crippen molar-refractivity contribution in [1.29, 1.82) is 0 Å². The number of rotatable bonds is 6. The van der Waals surface area contributed by atoms with Gasteiger partial charge in [0.2, 0.25) is 5.91 Å². The van der Waals surface area contributed by atoms with Crippen LogP contribution in [0.15, 0.2) is 24.3 Å². The van der Waals surface area contributed by atoms with E-state index < -0.39 is 5.97 Å². The number of likely N-dealkylation sites (tertiary alicyclic amines) is 1. The summed E-state index contributed by atoms with van der Waals surface area (Å²) in [6.07, 6.45) is 3.54. The molecule has 1 aromatic carbocycles. The minimum atomic E-state index is -0.486. The number of piperidine rings is 1. The fraction of sp³-hybridized carbons (Fsp3) is 0.500. The van der Waals surface area contributed by atoms with E-state index in [4.69, 9.17) is 9.84 Å². The van der Waals surface area contributed by atoms with E-state index in [2.05, 4.69) is 10.2 Å². The fourth-order valence-corrected chi connectivity index (χ4v) is 2.43. The number of carbonyl (C=O) groups excluding carboxylic acids is 2. The van der Waals surface area contributed by atoms with Crippen LogP contribution in [0.4, 0.5) is 5.69 Å². The first-order valence-electron chi connectivity index (χ1n) is 7.59. The lowest BCUT2D eigenvalue weighted by Crippen LogP contribution is -2.36. The molecule has 22 heavy (non-hydrogen) atoms. The molecule has 0 aromatic heterocycles. The molecule has 1 heterocycles. The molecule has 0 bridgehead atoms. The molecule has 0 spiro atoms. The zero-order valence-corrected chi connectivity index (χ0v) is 12.6. The van der Waals surface area contributed by atoms with Crippen molar-refractivity contribution in [1.82, 2.24) is 4.90 Å². The fourth-order valence-electron chi connectivity index (χ4n) is 2.43. The van der Waals surface area contributed by atoms with Gasteiger partial charge in [-0.2, -0.15) is 0 Å². The molecule has 2 N–H and O–H groups in total. The van der Waals surface area contributed by atoms with Crippen LogP contribution >= 0.6 is 0 Å². The third-order valence-electron chi connectivity index (χ3n) is 3.54. The minimum Gasteiger partial charge on any atom is -0.460 e. The van der Waals surface area contributed by atoms with E-state index in [0.29, 0.717) is 17.8 Å². The number of nitrogens with zero attached hydrogens (tertiary/aromatic N) is 1. The van der Waals surface area contributed by atoms with Crippen molar-refractivity contribution in [3.63, 3.8) is 0 Å². The predicted octanol–water partition coefficient (Wildman–Crippen LogP) is 1.26. The molecule has 2 rings (SSSR count). The van der Waals surface area contributed by atoms with E-state index in [0.717, 1.165) is 25.9 Å². The van der Waals surface area contributed by atoms with Crippen LogP contribution in [-0.2, 0) is 9.53 Å². The van der Waals surface area contributed by atoms with Crippen LogP contribution in [0.3, 0.4) is 0 Å². The van der Waals surface area contributed by atoms with E-state index in [-0.39, 0.29) is 19.1 Å². The SMILES string of the molecule is O=C(CN1CCCCC1)Nc1ccc(C(=O)OCCO)cc1. The molecule has 0 unspecified atom stereocenters. The molecule has 1 aliphatic heterocycles. The normalized spacial score (nSPS) is 15.3. The second-order valence-corrected chi connectivity index (χ2v) is 5.32. The van der Waals surface area contributed by atoms with Crippen LogP contribution in [0, 0.1) is 0 Å². The quantitative estimate of drug-likeness (QED) is 0.774. The lowest BCUT2D eigenvalue weighted by atomic mass is 10.1. The Morgan fingerprint density at radius 3 is 2.45 bits per heavy atom. The van der Waals surface area contributed by atoms with E-state index in [1.165, 1.54) is 6.42 Å². The molecule has 1 saturated heterocycles. The maximum Gasteiger partial charge on any atom is 0.338 e. The first-order valence-corrected chi connectivity index (χ1v) is 7.59. The van der Waals surface area contributed by atoms with Gasteiger partial charge in [0.1, 0.15) is 6.61 Å². The highest BCUT2D eigenvalue weighted by atomic mass is 16.5. The topological polar surface area (TPSA) is 78.9 Å². The van der Waals surface area contributed by atoms with Crippen LogP contribution in [0.1, 0.15) is 29.6 Å². The van der Waals surface area contributed by atoms with Crippen molar-refractivity contribution in [2.45, 2.75) is 19.3 Å². The zero-order chi connectivity index (χ0) is 15.8. The Balaban J connectivity index is 1.82. The third kappa shape index (κ3) is 5.13. The first kappa shape index (κ1) is 16.5. The van der Waals surface area contributed by atoms with Gasteiger partial charge in [0.15, 0.2) is 0 Å². The number of aliphatic hydroxyl groups is 1. The molecule has 0 saturated carbocycles. The molecule has 0 atom stereocenters. The average Bonchev–Trinajstić information content (AvgIpc) is 2.54. The number of carbonyl (C=O) groups is 2. The molecular weight excluding hydrogens is 284 g/mol. The third-order valence-corrected chi connectivity index (χ3v) is 3.54. The molecular formula is C16H22N2O4. The number of anilines is 1. The van der Waals surface area contributed by atoms with Gasteiger partial charge in [-0.3, -0.25) is 9.69 Å². The number of hydrogen-bond donors (Lipinski definition) is 2. The van der Waals surface area contributed by atoms with Gasteiger partial charge in [-0.05, 0) is 50.2 Å². The number of hydrogen-bond acceptors (Lipinski definition) is 5. The lowest BCUT2D eigenvalue weighted by Gasteiger charge is -2.25. The minimum absolute atomic E-state index is 0.0207. The van der Waals surface area contributed by atoms with Gasteiger partial charge in [-0.15, -0.1) is 0 Å². The number of nitrogens with one attached hydrogen (secondary N) is 1. The molecule has 1 aliphatic rings. The van der Waals surface area contributed by atoms with Gasteiger partial charge >= 0.3 is 5.97 Å². The second kappa shape index (κ2) is 8.51. The smallest absolute Gasteiger partial charge is 0.338 e. The molecule has 6 heteroatoms. The van der Waals surface area contributed by atoms with Gasteiger partial charge in [0.25, 0.3) is 0 Å². The van der Waals surface area contributed by atoms with Crippen LogP contribution < -0.4 is 5.32 Å². The Morgan fingerprint density at radius 1 is 1.14 bits per heavy atom. The summed E-state index contributed by atoms with van der Waals surface area (Å²) in [5.41, 5.74) is 1.04. The van der Waals surface area contributed by atoms with E-state index in [9.17, 15) is 9.59 Å². The van der Waals surface area contributed by atoms with Crippen molar-refractivity contribution in [3.05, 3.63) is 29.8 Å². The summed E-state index contributed by atoms with van der Waals surface area (Å²) in [7, 11) is 0. The van der Waals surface area contributed by atoms with E-state index in [1.807, 2.05) is 0 Å². The highest BCUT2D eigenvalue weighted by molar-refractivity contribution is 5.94. The second-order valence-electron chi connectivity index (χ2n) is 5.32. The zero-order valence-electron chi connectivity index (χ0n) is 12.6. The van der Waals surface area contributed by atoms with Gasteiger partial charge in [0, 0.05) is 5.69 Å².